The molecule has 3 aliphatic rings. The number of alkyl carbamates (subject to hydrolysis) is 1. The van der Waals surface area contributed by atoms with E-state index in [0.717, 1.165) is 0 Å². The Bertz CT molecular complexity index is 810. The maximum absolute atomic E-state index is 13.3. The van der Waals surface area contributed by atoms with Crippen molar-refractivity contribution in [3.63, 3.8) is 0 Å². The normalized spacial score (nSPS) is 33.7. The van der Waals surface area contributed by atoms with Crippen LogP contribution in [-0.2, 0) is 14.3 Å². The van der Waals surface area contributed by atoms with Gasteiger partial charge in [-0.1, -0.05) is 30.4 Å². The zero-order valence-electron chi connectivity index (χ0n) is 14.7. The average Bonchev–Trinajstić information content (AvgIpc) is 3.09. The molecule has 0 aromatic heterocycles. The predicted octanol–water partition coefficient (Wildman–Crippen LogP) is 0.611. The van der Waals surface area contributed by atoms with Crippen molar-refractivity contribution in [2.75, 3.05) is 6.61 Å². The van der Waals surface area contributed by atoms with Gasteiger partial charge in [0.2, 0.25) is 0 Å². The molecule has 8 nitrogen and oxygen atoms in total. The predicted molar refractivity (Wildman–Crippen MR) is 92.7 cm³/mol. The van der Waals surface area contributed by atoms with Gasteiger partial charge < -0.3 is 24.8 Å². The SMILES string of the molecule is CCOC(=O)[C@H]1[C@@H]2NC(=O)O[C@@]23C[C@H](O)C=C[C@H]3N1C(=O)c1ccccc1. The number of esters is 1. The van der Waals surface area contributed by atoms with Gasteiger partial charge in [0.25, 0.3) is 5.91 Å². The Morgan fingerprint density at radius 1 is 1.33 bits per heavy atom. The van der Waals surface area contributed by atoms with E-state index in [4.69, 9.17) is 9.47 Å². The lowest BCUT2D eigenvalue weighted by Gasteiger charge is -2.37. The molecule has 4 rings (SSSR count). The highest BCUT2D eigenvalue weighted by Gasteiger charge is 2.69. The first kappa shape index (κ1) is 17.5. The monoisotopic (exact) mass is 372 g/mol. The summed E-state index contributed by atoms with van der Waals surface area (Å²) in [6.07, 6.45) is 1.76. The molecule has 27 heavy (non-hydrogen) atoms. The van der Waals surface area contributed by atoms with Crippen molar-refractivity contribution in [2.45, 2.75) is 43.2 Å². The first-order valence-electron chi connectivity index (χ1n) is 8.88. The molecule has 2 fully saturated rings. The number of rotatable bonds is 3. The van der Waals surface area contributed by atoms with E-state index in [0.29, 0.717) is 5.56 Å². The molecule has 0 unspecified atom stereocenters. The van der Waals surface area contributed by atoms with Gasteiger partial charge in [-0.15, -0.1) is 0 Å². The lowest BCUT2D eigenvalue weighted by molar-refractivity contribution is -0.148. The lowest BCUT2D eigenvalue weighted by Crippen LogP contribution is -2.53. The fourth-order valence-corrected chi connectivity index (χ4v) is 4.31. The third-order valence-electron chi connectivity index (χ3n) is 5.33. The van der Waals surface area contributed by atoms with Crippen LogP contribution >= 0.6 is 0 Å². The summed E-state index contributed by atoms with van der Waals surface area (Å²) < 4.78 is 10.7. The van der Waals surface area contributed by atoms with Crippen molar-refractivity contribution >= 4 is 18.0 Å². The van der Waals surface area contributed by atoms with Crippen LogP contribution < -0.4 is 5.32 Å². The molecule has 0 radical (unpaired) electrons. The van der Waals surface area contributed by atoms with Gasteiger partial charge >= 0.3 is 12.1 Å². The second-order valence-corrected chi connectivity index (χ2v) is 6.84. The molecule has 1 aliphatic carbocycles. The van der Waals surface area contributed by atoms with Crippen molar-refractivity contribution in [3.8, 4) is 0 Å². The van der Waals surface area contributed by atoms with Gasteiger partial charge in [0.15, 0.2) is 11.6 Å². The van der Waals surface area contributed by atoms with Crippen LogP contribution in [0, 0.1) is 0 Å². The van der Waals surface area contributed by atoms with Crippen molar-refractivity contribution in [1.82, 2.24) is 10.2 Å². The Balaban J connectivity index is 1.82. The van der Waals surface area contributed by atoms with Crippen LogP contribution in [-0.4, -0.2) is 64.4 Å². The fourth-order valence-electron chi connectivity index (χ4n) is 4.31. The van der Waals surface area contributed by atoms with Crippen LogP contribution in [0.3, 0.4) is 0 Å². The minimum Gasteiger partial charge on any atom is -0.464 e. The number of amides is 2. The first-order valence-corrected chi connectivity index (χ1v) is 8.88. The van der Waals surface area contributed by atoms with E-state index in [1.807, 2.05) is 0 Å². The number of ether oxygens (including phenoxy) is 2. The van der Waals surface area contributed by atoms with E-state index in [9.17, 15) is 19.5 Å². The number of aliphatic hydroxyl groups excluding tert-OH is 1. The minimum atomic E-state index is -1.22. The summed E-state index contributed by atoms with van der Waals surface area (Å²) in [6.45, 7) is 1.81. The van der Waals surface area contributed by atoms with Crippen LogP contribution in [0.1, 0.15) is 23.7 Å². The number of aliphatic hydroxyl groups is 1. The first-order chi connectivity index (χ1) is 13.0. The summed E-state index contributed by atoms with van der Waals surface area (Å²) >= 11 is 0. The molecule has 142 valence electrons. The molecule has 5 atom stereocenters. The molecule has 0 saturated carbocycles. The second-order valence-electron chi connectivity index (χ2n) is 6.84. The molecule has 1 spiro atoms. The lowest BCUT2D eigenvalue weighted by atomic mass is 9.80. The van der Waals surface area contributed by atoms with Gasteiger partial charge in [0.05, 0.1) is 18.8 Å². The Hall–Kier alpha value is -2.87. The topological polar surface area (TPSA) is 105 Å². The number of hydrogen-bond acceptors (Lipinski definition) is 6. The minimum absolute atomic E-state index is 0.0893. The maximum Gasteiger partial charge on any atom is 0.408 e. The number of nitrogens with one attached hydrogen (secondary N) is 1. The smallest absolute Gasteiger partial charge is 0.408 e. The third-order valence-corrected chi connectivity index (χ3v) is 5.33. The van der Waals surface area contributed by atoms with Crippen LogP contribution in [0.2, 0.25) is 0 Å². The molecular weight excluding hydrogens is 352 g/mol. The van der Waals surface area contributed by atoms with Crippen molar-refractivity contribution in [2.24, 2.45) is 0 Å². The maximum atomic E-state index is 13.3. The standard InChI is InChI=1S/C19H20N2O6/c1-2-26-17(24)14-15-19(27-18(25)20-15)10-12(22)8-9-13(19)21(14)16(23)11-6-4-3-5-7-11/h3-9,12-15,22H,2,10H2,1H3,(H,20,25)/t12-,13-,14-,15+,19-/m1/s1. The molecule has 2 N–H and O–H groups in total. The van der Waals surface area contributed by atoms with E-state index >= 15 is 0 Å². The van der Waals surface area contributed by atoms with E-state index in [2.05, 4.69) is 5.32 Å². The van der Waals surface area contributed by atoms with E-state index < -0.39 is 41.9 Å². The van der Waals surface area contributed by atoms with Gasteiger partial charge in [-0.25, -0.2) is 9.59 Å². The van der Waals surface area contributed by atoms with Crippen LogP contribution in [0.5, 0.6) is 0 Å². The molecule has 2 aliphatic heterocycles. The van der Waals surface area contributed by atoms with E-state index in [1.54, 1.807) is 49.4 Å². The van der Waals surface area contributed by atoms with Gasteiger partial charge in [-0.05, 0) is 19.1 Å². The molecule has 1 aromatic rings. The molecule has 0 bridgehead atoms. The number of nitrogens with zero attached hydrogens (tertiary/aromatic N) is 1. The fraction of sp³-hybridized carbons (Fsp3) is 0.421. The van der Waals surface area contributed by atoms with E-state index in [1.165, 1.54) is 4.90 Å². The van der Waals surface area contributed by atoms with Crippen LogP contribution in [0.4, 0.5) is 4.79 Å². The zero-order valence-corrected chi connectivity index (χ0v) is 14.7. The van der Waals surface area contributed by atoms with Gasteiger partial charge in [0, 0.05) is 12.0 Å². The van der Waals surface area contributed by atoms with Crippen molar-refractivity contribution < 1.29 is 29.0 Å². The second kappa shape index (κ2) is 6.38. The molecule has 2 heterocycles. The van der Waals surface area contributed by atoms with Gasteiger partial charge in [-0.3, -0.25) is 4.79 Å². The quantitative estimate of drug-likeness (QED) is 0.595. The molecule has 8 heteroatoms. The van der Waals surface area contributed by atoms with Crippen molar-refractivity contribution in [1.29, 1.82) is 0 Å². The highest BCUT2D eigenvalue weighted by atomic mass is 16.6. The number of carbonyl (C=O) groups excluding carboxylic acids is 3. The number of benzene rings is 1. The molecule has 2 saturated heterocycles. The Morgan fingerprint density at radius 2 is 2.07 bits per heavy atom. The van der Waals surface area contributed by atoms with Crippen LogP contribution in [0.15, 0.2) is 42.5 Å². The third kappa shape index (κ3) is 2.59. The van der Waals surface area contributed by atoms with Gasteiger partial charge in [0.1, 0.15) is 6.04 Å². The Kier molecular flexibility index (Phi) is 4.15. The average molecular weight is 372 g/mol. The molecular formula is C19H20N2O6. The number of likely N-dealkylation sites (tertiary alicyclic amines) is 1. The summed E-state index contributed by atoms with van der Waals surface area (Å²) in [5.41, 5.74) is -0.805. The van der Waals surface area contributed by atoms with Crippen molar-refractivity contribution in [3.05, 3.63) is 48.0 Å². The Labute approximate surface area is 155 Å². The van der Waals surface area contributed by atoms with Gasteiger partial charge in [-0.2, -0.15) is 0 Å². The highest BCUT2D eigenvalue weighted by Crippen LogP contribution is 2.47. The summed E-state index contributed by atoms with van der Waals surface area (Å²) in [4.78, 5) is 39.4. The molecule has 2 amide bonds. The summed E-state index contributed by atoms with van der Waals surface area (Å²) in [5.74, 6) is -0.986. The highest BCUT2D eigenvalue weighted by molar-refractivity contribution is 5.99. The number of hydrogen-bond donors (Lipinski definition) is 2. The number of carbonyl (C=O) groups is 3. The molecule has 1 aromatic carbocycles. The summed E-state index contributed by atoms with van der Waals surface area (Å²) in [6, 6.07) is 6.03. The summed E-state index contributed by atoms with van der Waals surface area (Å²) in [5, 5.41) is 12.8. The zero-order chi connectivity index (χ0) is 19.2. The largest absolute Gasteiger partial charge is 0.464 e. The Morgan fingerprint density at radius 3 is 2.78 bits per heavy atom. The van der Waals surface area contributed by atoms with Crippen LogP contribution in [0.25, 0.3) is 0 Å². The summed E-state index contributed by atoms with van der Waals surface area (Å²) in [7, 11) is 0. The van der Waals surface area contributed by atoms with E-state index in [-0.39, 0.29) is 18.9 Å².